The highest BCUT2D eigenvalue weighted by molar-refractivity contribution is 7.90. The summed E-state index contributed by atoms with van der Waals surface area (Å²) in [7, 11) is -3.31. The molecule has 0 radical (unpaired) electrons. The van der Waals surface area contributed by atoms with Crippen LogP contribution in [0.2, 0.25) is 0 Å². The smallest absolute Gasteiger partial charge is 0.175 e. The first-order valence-corrected chi connectivity index (χ1v) is 12.1. The zero-order valence-corrected chi connectivity index (χ0v) is 18.1. The SMILES string of the molecule is CS(=O)(=O)c1ccc(-c2cc(C3(O)CCC(O)CC3)nn2-c2ccc(CO)cc2)cc1. The van der Waals surface area contributed by atoms with Crippen molar-refractivity contribution in [3.63, 3.8) is 0 Å². The van der Waals surface area contributed by atoms with Crippen LogP contribution >= 0.6 is 0 Å². The molecule has 164 valence electrons. The van der Waals surface area contributed by atoms with Gasteiger partial charge in [-0.1, -0.05) is 24.3 Å². The second-order valence-electron chi connectivity index (χ2n) is 8.21. The molecule has 7 nitrogen and oxygen atoms in total. The van der Waals surface area contributed by atoms with E-state index in [9.17, 15) is 23.7 Å². The highest BCUT2D eigenvalue weighted by atomic mass is 32.2. The molecule has 1 saturated carbocycles. The number of hydrogen-bond acceptors (Lipinski definition) is 6. The summed E-state index contributed by atoms with van der Waals surface area (Å²) >= 11 is 0. The zero-order valence-electron chi connectivity index (χ0n) is 17.3. The van der Waals surface area contributed by atoms with Gasteiger partial charge in [-0.3, -0.25) is 0 Å². The highest BCUT2D eigenvalue weighted by Gasteiger charge is 2.37. The number of aliphatic hydroxyl groups excluding tert-OH is 2. The van der Waals surface area contributed by atoms with Crippen LogP contribution < -0.4 is 0 Å². The lowest BCUT2D eigenvalue weighted by atomic mass is 9.81. The molecule has 1 aromatic heterocycles. The van der Waals surface area contributed by atoms with Crippen LogP contribution in [0.5, 0.6) is 0 Å². The maximum Gasteiger partial charge on any atom is 0.175 e. The van der Waals surface area contributed by atoms with Crippen molar-refractivity contribution in [1.29, 1.82) is 0 Å². The Bertz CT molecular complexity index is 1160. The van der Waals surface area contributed by atoms with Gasteiger partial charge in [-0.15, -0.1) is 0 Å². The van der Waals surface area contributed by atoms with Crippen LogP contribution in [0.1, 0.15) is 36.9 Å². The average molecular weight is 443 g/mol. The topological polar surface area (TPSA) is 113 Å². The molecule has 0 spiro atoms. The molecule has 0 atom stereocenters. The summed E-state index contributed by atoms with van der Waals surface area (Å²) in [6, 6.07) is 15.7. The fourth-order valence-electron chi connectivity index (χ4n) is 3.96. The molecule has 0 unspecified atom stereocenters. The third-order valence-corrected chi connectivity index (χ3v) is 7.04. The summed E-state index contributed by atoms with van der Waals surface area (Å²) in [6.07, 6.45) is 2.61. The minimum atomic E-state index is -3.31. The lowest BCUT2D eigenvalue weighted by Crippen LogP contribution is -2.33. The van der Waals surface area contributed by atoms with Crippen LogP contribution in [0.4, 0.5) is 0 Å². The van der Waals surface area contributed by atoms with E-state index in [1.807, 2.05) is 18.2 Å². The first-order chi connectivity index (χ1) is 14.7. The average Bonchev–Trinajstić information content (AvgIpc) is 3.22. The fraction of sp³-hybridized carbons (Fsp3) is 0.348. The Labute approximate surface area is 181 Å². The Morgan fingerprint density at radius 2 is 1.68 bits per heavy atom. The molecular formula is C23H26N2O5S. The van der Waals surface area contributed by atoms with Gasteiger partial charge >= 0.3 is 0 Å². The van der Waals surface area contributed by atoms with Gasteiger partial charge in [0.15, 0.2) is 9.84 Å². The summed E-state index contributed by atoms with van der Waals surface area (Å²) in [5.74, 6) is 0. The van der Waals surface area contributed by atoms with E-state index in [2.05, 4.69) is 0 Å². The van der Waals surface area contributed by atoms with Crippen molar-refractivity contribution < 1.29 is 23.7 Å². The second kappa shape index (κ2) is 8.20. The van der Waals surface area contributed by atoms with Gasteiger partial charge in [-0.2, -0.15) is 5.10 Å². The van der Waals surface area contributed by atoms with Gasteiger partial charge in [-0.25, -0.2) is 13.1 Å². The van der Waals surface area contributed by atoms with Gasteiger partial charge in [0.05, 0.1) is 34.7 Å². The van der Waals surface area contributed by atoms with Crippen molar-refractivity contribution in [2.75, 3.05) is 6.26 Å². The molecule has 1 fully saturated rings. The van der Waals surface area contributed by atoms with Gasteiger partial charge in [0.2, 0.25) is 0 Å². The molecule has 1 aliphatic rings. The van der Waals surface area contributed by atoms with Crippen molar-refractivity contribution in [3.05, 3.63) is 65.9 Å². The Morgan fingerprint density at radius 1 is 1.06 bits per heavy atom. The summed E-state index contributed by atoms with van der Waals surface area (Å²) < 4.78 is 25.4. The predicted molar refractivity (Wildman–Crippen MR) is 116 cm³/mol. The molecule has 31 heavy (non-hydrogen) atoms. The molecule has 2 aromatic carbocycles. The van der Waals surface area contributed by atoms with E-state index in [0.717, 1.165) is 16.8 Å². The van der Waals surface area contributed by atoms with Crippen LogP contribution in [0.15, 0.2) is 59.5 Å². The van der Waals surface area contributed by atoms with E-state index in [1.54, 1.807) is 41.1 Å². The van der Waals surface area contributed by atoms with Crippen LogP contribution in [0.25, 0.3) is 16.9 Å². The fourth-order valence-corrected chi connectivity index (χ4v) is 4.59. The number of hydrogen-bond donors (Lipinski definition) is 3. The van der Waals surface area contributed by atoms with Crippen molar-refractivity contribution in [1.82, 2.24) is 9.78 Å². The zero-order chi connectivity index (χ0) is 22.2. The number of nitrogens with zero attached hydrogens (tertiary/aromatic N) is 2. The van der Waals surface area contributed by atoms with Crippen molar-refractivity contribution >= 4 is 9.84 Å². The molecule has 1 heterocycles. The van der Waals surface area contributed by atoms with E-state index >= 15 is 0 Å². The summed E-state index contributed by atoms with van der Waals surface area (Å²) in [5.41, 5.74) is 2.40. The maximum absolute atomic E-state index is 11.8. The van der Waals surface area contributed by atoms with E-state index in [-0.39, 0.29) is 11.5 Å². The number of rotatable bonds is 5. The lowest BCUT2D eigenvalue weighted by Gasteiger charge is -2.32. The summed E-state index contributed by atoms with van der Waals surface area (Å²) in [4.78, 5) is 0.231. The van der Waals surface area contributed by atoms with Crippen molar-refractivity contribution in [3.8, 4) is 16.9 Å². The summed E-state index contributed by atoms with van der Waals surface area (Å²) in [6.45, 7) is -0.0630. The first-order valence-electron chi connectivity index (χ1n) is 10.2. The normalized spacial score (nSPS) is 21.9. The van der Waals surface area contributed by atoms with Crippen molar-refractivity contribution in [2.24, 2.45) is 0 Å². The van der Waals surface area contributed by atoms with Crippen LogP contribution in [-0.2, 0) is 22.0 Å². The molecule has 3 N–H and O–H groups in total. The maximum atomic E-state index is 11.8. The lowest BCUT2D eigenvalue weighted by molar-refractivity contribution is -0.0393. The van der Waals surface area contributed by atoms with E-state index in [1.165, 1.54) is 6.26 Å². The number of aliphatic hydroxyl groups is 3. The van der Waals surface area contributed by atoms with Crippen LogP contribution in [0.3, 0.4) is 0 Å². The van der Waals surface area contributed by atoms with Crippen LogP contribution in [0, 0.1) is 0 Å². The summed E-state index contributed by atoms with van der Waals surface area (Å²) in [5, 5.41) is 35.1. The number of aromatic nitrogens is 2. The van der Waals surface area contributed by atoms with Crippen LogP contribution in [-0.4, -0.2) is 45.9 Å². The third-order valence-electron chi connectivity index (χ3n) is 5.91. The molecule has 3 aromatic rings. The standard InChI is InChI=1S/C23H26N2O5S/c1-31(29,30)20-8-4-17(5-9-20)21-14-22(23(28)12-10-19(27)11-13-23)24-25(21)18-6-2-16(15-26)3-7-18/h2-9,14,19,26-28H,10-13,15H2,1H3. The van der Waals surface area contributed by atoms with Gasteiger partial charge in [0.1, 0.15) is 5.60 Å². The van der Waals surface area contributed by atoms with Gasteiger partial charge in [0, 0.05) is 11.8 Å². The molecule has 0 aliphatic heterocycles. The molecule has 0 amide bonds. The Hall–Kier alpha value is -2.52. The predicted octanol–water partition coefficient (Wildman–Crippen LogP) is 2.56. The Morgan fingerprint density at radius 3 is 2.23 bits per heavy atom. The second-order valence-corrected chi connectivity index (χ2v) is 10.2. The van der Waals surface area contributed by atoms with Gasteiger partial charge in [-0.05, 0) is 61.6 Å². The Kier molecular flexibility index (Phi) is 5.74. The highest BCUT2D eigenvalue weighted by Crippen LogP contribution is 2.38. The molecule has 4 rings (SSSR count). The quantitative estimate of drug-likeness (QED) is 0.560. The number of benzene rings is 2. The van der Waals surface area contributed by atoms with Gasteiger partial charge < -0.3 is 15.3 Å². The third kappa shape index (κ3) is 4.43. The first kappa shape index (κ1) is 21.7. The van der Waals surface area contributed by atoms with Crippen molar-refractivity contribution in [2.45, 2.75) is 48.9 Å². The number of sulfone groups is 1. The minimum absolute atomic E-state index is 0.0630. The van der Waals surface area contributed by atoms with E-state index in [4.69, 9.17) is 5.10 Å². The van der Waals surface area contributed by atoms with E-state index < -0.39 is 21.5 Å². The Balaban J connectivity index is 1.81. The minimum Gasteiger partial charge on any atom is -0.393 e. The van der Waals surface area contributed by atoms with E-state index in [0.29, 0.717) is 37.1 Å². The molecule has 1 aliphatic carbocycles. The van der Waals surface area contributed by atoms with Gasteiger partial charge in [0.25, 0.3) is 0 Å². The molecule has 8 heteroatoms. The largest absolute Gasteiger partial charge is 0.393 e. The monoisotopic (exact) mass is 442 g/mol. The molecular weight excluding hydrogens is 416 g/mol. The molecule has 0 saturated heterocycles. The molecule has 0 bridgehead atoms.